The van der Waals surface area contributed by atoms with Crippen molar-refractivity contribution in [3.63, 3.8) is 0 Å². The SMILES string of the molecule is COc1ccc2[nH]ccc2c1CN(C)C.O=C(O)C(F)(F)F. The van der Waals surface area contributed by atoms with Gasteiger partial charge in [0, 0.05) is 29.2 Å². The number of nitrogens with zero attached hydrogens (tertiary/aromatic N) is 1. The van der Waals surface area contributed by atoms with Crippen molar-refractivity contribution < 1.29 is 27.8 Å². The number of methoxy groups -OCH3 is 1. The van der Waals surface area contributed by atoms with E-state index in [1.165, 1.54) is 10.9 Å². The molecule has 0 saturated heterocycles. The number of aromatic amines is 1. The number of fused-ring (bicyclic) bond motifs is 1. The first-order valence-electron chi connectivity index (χ1n) is 6.24. The van der Waals surface area contributed by atoms with Crippen molar-refractivity contribution >= 4 is 16.9 Å². The molecule has 0 bridgehead atoms. The zero-order valence-corrected chi connectivity index (χ0v) is 12.4. The molecule has 22 heavy (non-hydrogen) atoms. The summed E-state index contributed by atoms with van der Waals surface area (Å²) in [5.41, 5.74) is 2.40. The molecule has 5 nitrogen and oxygen atoms in total. The van der Waals surface area contributed by atoms with Crippen LogP contribution >= 0.6 is 0 Å². The molecule has 122 valence electrons. The van der Waals surface area contributed by atoms with Gasteiger partial charge in [0.15, 0.2) is 0 Å². The minimum atomic E-state index is -5.08. The Morgan fingerprint density at radius 3 is 2.36 bits per heavy atom. The van der Waals surface area contributed by atoms with Crippen molar-refractivity contribution in [1.29, 1.82) is 0 Å². The predicted molar refractivity (Wildman–Crippen MR) is 75.9 cm³/mol. The smallest absolute Gasteiger partial charge is 0.490 e. The fourth-order valence-corrected chi connectivity index (χ4v) is 1.85. The minimum Gasteiger partial charge on any atom is -0.496 e. The van der Waals surface area contributed by atoms with Crippen molar-refractivity contribution in [2.45, 2.75) is 12.7 Å². The standard InChI is InChI=1S/C12H16N2O.C2HF3O2/c1-14(2)8-10-9-6-7-13-11(9)4-5-12(10)15-3;3-2(4,5)1(6)7/h4-7,13H,8H2,1-3H3;(H,6,7). The molecule has 0 aliphatic heterocycles. The van der Waals surface area contributed by atoms with Crippen LogP contribution in [0.1, 0.15) is 5.56 Å². The van der Waals surface area contributed by atoms with Crippen LogP contribution in [-0.2, 0) is 11.3 Å². The molecule has 0 saturated carbocycles. The maximum Gasteiger partial charge on any atom is 0.490 e. The monoisotopic (exact) mass is 318 g/mol. The van der Waals surface area contributed by atoms with E-state index in [4.69, 9.17) is 14.6 Å². The topological polar surface area (TPSA) is 65.6 Å². The van der Waals surface area contributed by atoms with Gasteiger partial charge in [-0.1, -0.05) is 0 Å². The Balaban J connectivity index is 0.000000295. The fourth-order valence-electron chi connectivity index (χ4n) is 1.85. The third-order valence-electron chi connectivity index (χ3n) is 2.74. The van der Waals surface area contributed by atoms with Crippen LogP contribution in [0.25, 0.3) is 10.9 Å². The quantitative estimate of drug-likeness (QED) is 0.913. The van der Waals surface area contributed by atoms with E-state index in [0.29, 0.717) is 0 Å². The van der Waals surface area contributed by atoms with Gasteiger partial charge in [-0.15, -0.1) is 0 Å². The number of H-pyrrole nitrogens is 1. The molecule has 0 unspecified atom stereocenters. The molecule has 0 aliphatic carbocycles. The summed E-state index contributed by atoms with van der Waals surface area (Å²) in [5, 5.41) is 8.36. The summed E-state index contributed by atoms with van der Waals surface area (Å²) in [6, 6.07) is 6.15. The van der Waals surface area contributed by atoms with Gasteiger partial charge in [0.05, 0.1) is 7.11 Å². The van der Waals surface area contributed by atoms with Crippen molar-refractivity contribution in [2.75, 3.05) is 21.2 Å². The molecule has 1 aromatic heterocycles. The highest BCUT2D eigenvalue weighted by Crippen LogP contribution is 2.28. The van der Waals surface area contributed by atoms with E-state index < -0.39 is 12.1 Å². The van der Waals surface area contributed by atoms with E-state index in [-0.39, 0.29) is 0 Å². The Morgan fingerprint density at radius 2 is 1.91 bits per heavy atom. The highest BCUT2D eigenvalue weighted by molar-refractivity contribution is 5.85. The number of alkyl halides is 3. The summed E-state index contributed by atoms with van der Waals surface area (Å²) in [7, 11) is 5.84. The number of hydrogen-bond acceptors (Lipinski definition) is 3. The third kappa shape index (κ3) is 4.66. The first-order valence-corrected chi connectivity index (χ1v) is 6.24. The number of carbonyl (C=O) groups is 1. The molecule has 1 aromatic carbocycles. The molecule has 0 amide bonds. The van der Waals surface area contributed by atoms with Crippen molar-refractivity contribution in [3.05, 3.63) is 30.0 Å². The largest absolute Gasteiger partial charge is 0.496 e. The average molecular weight is 318 g/mol. The number of hydrogen-bond donors (Lipinski definition) is 2. The van der Waals surface area contributed by atoms with Crippen LogP contribution < -0.4 is 4.74 Å². The van der Waals surface area contributed by atoms with Crippen molar-refractivity contribution in [1.82, 2.24) is 9.88 Å². The molecule has 2 N–H and O–H groups in total. The Hall–Kier alpha value is -2.22. The lowest BCUT2D eigenvalue weighted by atomic mass is 10.1. The molecule has 8 heteroatoms. The lowest BCUT2D eigenvalue weighted by Crippen LogP contribution is -2.21. The van der Waals surface area contributed by atoms with Gasteiger partial charge in [-0.05, 0) is 32.3 Å². The van der Waals surface area contributed by atoms with Gasteiger partial charge in [0.2, 0.25) is 0 Å². The number of benzene rings is 1. The zero-order chi connectivity index (χ0) is 16.9. The maximum atomic E-state index is 10.6. The lowest BCUT2D eigenvalue weighted by molar-refractivity contribution is -0.192. The molecular formula is C14H17F3N2O3. The molecule has 2 rings (SSSR count). The number of rotatable bonds is 3. The highest BCUT2D eigenvalue weighted by atomic mass is 19.4. The van der Waals surface area contributed by atoms with Crippen LogP contribution in [0.4, 0.5) is 13.2 Å². The van der Waals surface area contributed by atoms with Gasteiger partial charge in [0.1, 0.15) is 5.75 Å². The molecule has 0 atom stereocenters. The van der Waals surface area contributed by atoms with E-state index in [0.717, 1.165) is 17.8 Å². The van der Waals surface area contributed by atoms with E-state index >= 15 is 0 Å². The third-order valence-corrected chi connectivity index (χ3v) is 2.74. The molecule has 0 fully saturated rings. The number of aromatic nitrogens is 1. The van der Waals surface area contributed by atoms with Gasteiger partial charge >= 0.3 is 12.1 Å². The molecular weight excluding hydrogens is 301 g/mol. The van der Waals surface area contributed by atoms with Crippen LogP contribution in [0.3, 0.4) is 0 Å². The fraction of sp³-hybridized carbons (Fsp3) is 0.357. The van der Waals surface area contributed by atoms with Gasteiger partial charge < -0.3 is 19.7 Å². The Morgan fingerprint density at radius 1 is 1.32 bits per heavy atom. The number of halogens is 3. The second-order valence-electron chi connectivity index (χ2n) is 4.73. The summed E-state index contributed by atoms with van der Waals surface area (Å²) in [4.78, 5) is 14.2. The number of ether oxygens (including phenoxy) is 1. The van der Waals surface area contributed by atoms with Crippen molar-refractivity contribution in [2.24, 2.45) is 0 Å². The molecule has 1 heterocycles. The van der Waals surface area contributed by atoms with Crippen LogP contribution in [0.15, 0.2) is 24.4 Å². The number of carboxylic acid groups (broad SMARTS) is 1. The predicted octanol–water partition coefficient (Wildman–Crippen LogP) is 2.87. The van der Waals surface area contributed by atoms with E-state index in [2.05, 4.69) is 30.0 Å². The van der Waals surface area contributed by atoms with Crippen LogP contribution in [0.5, 0.6) is 5.75 Å². The first-order chi connectivity index (χ1) is 10.2. The van der Waals surface area contributed by atoms with Crippen LogP contribution in [0, 0.1) is 0 Å². The average Bonchev–Trinajstić information content (AvgIpc) is 2.86. The molecule has 2 aromatic rings. The lowest BCUT2D eigenvalue weighted by Gasteiger charge is -2.14. The minimum absolute atomic E-state index is 0.887. The van der Waals surface area contributed by atoms with Gasteiger partial charge in [0.25, 0.3) is 0 Å². The second kappa shape index (κ2) is 7.17. The Kier molecular flexibility index (Phi) is 5.81. The van der Waals surface area contributed by atoms with Gasteiger partial charge in [-0.3, -0.25) is 0 Å². The van der Waals surface area contributed by atoms with Gasteiger partial charge in [-0.25, -0.2) is 4.79 Å². The molecule has 0 aliphatic rings. The summed E-state index contributed by atoms with van der Waals surface area (Å²) in [6.07, 6.45) is -3.12. The second-order valence-corrected chi connectivity index (χ2v) is 4.73. The molecule has 0 radical (unpaired) electrons. The Labute approximate surface area is 125 Å². The number of nitrogens with one attached hydrogen (secondary N) is 1. The van der Waals surface area contributed by atoms with E-state index in [1.54, 1.807) is 7.11 Å². The normalized spacial score (nSPS) is 11.2. The Bertz CT molecular complexity index is 636. The maximum absolute atomic E-state index is 10.6. The summed E-state index contributed by atoms with van der Waals surface area (Å²) in [5.74, 6) is -1.80. The van der Waals surface area contributed by atoms with Crippen LogP contribution in [-0.4, -0.2) is 48.3 Å². The van der Waals surface area contributed by atoms with E-state index in [9.17, 15) is 13.2 Å². The summed E-state index contributed by atoms with van der Waals surface area (Å²) < 4.78 is 37.1. The number of aliphatic carboxylic acids is 1. The highest BCUT2D eigenvalue weighted by Gasteiger charge is 2.38. The summed E-state index contributed by atoms with van der Waals surface area (Å²) >= 11 is 0. The van der Waals surface area contributed by atoms with Gasteiger partial charge in [-0.2, -0.15) is 13.2 Å². The van der Waals surface area contributed by atoms with Crippen LogP contribution in [0.2, 0.25) is 0 Å². The van der Waals surface area contributed by atoms with Crippen molar-refractivity contribution in [3.8, 4) is 5.75 Å². The molecule has 0 spiro atoms. The van der Waals surface area contributed by atoms with E-state index in [1.807, 2.05) is 18.3 Å². The summed E-state index contributed by atoms with van der Waals surface area (Å²) in [6.45, 7) is 0.887. The number of carboxylic acids is 1. The first kappa shape index (κ1) is 17.8. The zero-order valence-electron chi connectivity index (χ0n) is 12.4.